The van der Waals surface area contributed by atoms with Crippen molar-refractivity contribution in [3.05, 3.63) is 47.5 Å². The lowest BCUT2D eigenvalue weighted by atomic mass is 10.0. The van der Waals surface area contributed by atoms with Gasteiger partial charge in [0, 0.05) is 28.8 Å². The SMILES string of the molecule is COc1cc2c(cc1OC)-c1n[nH]c(-c3ccccc3N)c1C2. The van der Waals surface area contributed by atoms with E-state index in [0.29, 0.717) is 5.75 Å². The average Bonchev–Trinajstić information content (AvgIpc) is 3.12. The van der Waals surface area contributed by atoms with E-state index in [0.717, 1.165) is 45.9 Å². The topological polar surface area (TPSA) is 73.2 Å². The maximum atomic E-state index is 6.11. The zero-order valence-corrected chi connectivity index (χ0v) is 13.0. The summed E-state index contributed by atoms with van der Waals surface area (Å²) in [6, 6.07) is 11.8. The van der Waals surface area contributed by atoms with E-state index >= 15 is 0 Å². The van der Waals surface area contributed by atoms with Crippen molar-refractivity contribution in [3.8, 4) is 34.0 Å². The third-order valence-electron chi connectivity index (χ3n) is 4.33. The molecule has 0 atom stereocenters. The van der Waals surface area contributed by atoms with Crippen molar-refractivity contribution in [1.29, 1.82) is 0 Å². The van der Waals surface area contributed by atoms with Gasteiger partial charge in [0.15, 0.2) is 11.5 Å². The first-order valence-corrected chi connectivity index (χ1v) is 7.40. The molecule has 0 saturated carbocycles. The number of aromatic nitrogens is 2. The van der Waals surface area contributed by atoms with Gasteiger partial charge in [-0.1, -0.05) is 18.2 Å². The van der Waals surface area contributed by atoms with Crippen LogP contribution in [-0.2, 0) is 6.42 Å². The highest BCUT2D eigenvalue weighted by Gasteiger charge is 2.27. The van der Waals surface area contributed by atoms with E-state index in [1.807, 2.05) is 36.4 Å². The number of nitrogens with two attached hydrogens (primary N) is 1. The van der Waals surface area contributed by atoms with Gasteiger partial charge in [0.25, 0.3) is 0 Å². The lowest BCUT2D eigenvalue weighted by Crippen LogP contribution is -1.94. The Bertz CT molecular complexity index is 899. The van der Waals surface area contributed by atoms with Crippen LogP contribution in [0.3, 0.4) is 0 Å². The fourth-order valence-corrected chi connectivity index (χ4v) is 3.19. The van der Waals surface area contributed by atoms with Crippen LogP contribution < -0.4 is 15.2 Å². The molecule has 5 nitrogen and oxygen atoms in total. The quantitative estimate of drug-likeness (QED) is 0.570. The summed E-state index contributed by atoms with van der Waals surface area (Å²) in [5, 5.41) is 7.65. The molecule has 3 N–H and O–H groups in total. The van der Waals surface area contributed by atoms with Crippen LogP contribution in [0.15, 0.2) is 36.4 Å². The minimum Gasteiger partial charge on any atom is -0.493 e. The van der Waals surface area contributed by atoms with Crippen molar-refractivity contribution in [2.75, 3.05) is 20.0 Å². The third kappa shape index (κ3) is 1.97. The van der Waals surface area contributed by atoms with Gasteiger partial charge in [-0.2, -0.15) is 5.10 Å². The maximum Gasteiger partial charge on any atom is 0.161 e. The largest absolute Gasteiger partial charge is 0.493 e. The maximum absolute atomic E-state index is 6.11. The van der Waals surface area contributed by atoms with Crippen molar-refractivity contribution < 1.29 is 9.47 Å². The Balaban J connectivity index is 1.86. The summed E-state index contributed by atoms with van der Waals surface area (Å²) in [5.74, 6) is 1.45. The van der Waals surface area contributed by atoms with Crippen molar-refractivity contribution in [2.24, 2.45) is 0 Å². The standard InChI is InChI=1S/C18H17N3O2/c1-22-15-8-10-7-13-17(11-5-3-4-6-14(11)19)20-21-18(13)12(10)9-16(15)23-2/h3-6,8-9H,7,19H2,1-2H3,(H,20,21). The minimum absolute atomic E-state index is 0.711. The molecule has 0 aliphatic heterocycles. The van der Waals surface area contributed by atoms with E-state index in [1.165, 1.54) is 5.56 Å². The molecule has 3 aromatic rings. The number of para-hydroxylation sites is 1. The van der Waals surface area contributed by atoms with Crippen LogP contribution in [0.2, 0.25) is 0 Å². The average molecular weight is 307 g/mol. The Labute approximate surface area is 134 Å². The molecule has 5 heteroatoms. The first-order chi connectivity index (χ1) is 11.2. The number of nitrogen functional groups attached to an aromatic ring is 1. The predicted octanol–water partition coefficient (Wildman–Crippen LogP) is 3.25. The Morgan fingerprint density at radius 1 is 1.04 bits per heavy atom. The fraction of sp³-hybridized carbons (Fsp3) is 0.167. The van der Waals surface area contributed by atoms with Crippen LogP contribution in [-0.4, -0.2) is 24.4 Å². The number of hydrogen-bond acceptors (Lipinski definition) is 4. The van der Waals surface area contributed by atoms with Gasteiger partial charge in [0.05, 0.1) is 25.6 Å². The van der Waals surface area contributed by atoms with Crippen molar-refractivity contribution in [2.45, 2.75) is 6.42 Å². The molecule has 0 amide bonds. The summed E-state index contributed by atoms with van der Waals surface area (Å²) >= 11 is 0. The second-order valence-electron chi connectivity index (χ2n) is 5.55. The molecule has 0 fully saturated rings. The number of ether oxygens (including phenoxy) is 2. The number of methoxy groups -OCH3 is 2. The molecule has 1 heterocycles. The number of hydrogen-bond donors (Lipinski definition) is 2. The molecule has 4 rings (SSSR count). The second-order valence-corrected chi connectivity index (χ2v) is 5.55. The number of nitrogens with one attached hydrogen (secondary N) is 1. The molecule has 1 aliphatic carbocycles. The summed E-state index contributed by atoms with van der Waals surface area (Å²) < 4.78 is 10.8. The monoisotopic (exact) mass is 307 g/mol. The smallest absolute Gasteiger partial charge is 0.161 e. The van der Waals surface area contributed by atoms with Crippen molar-refractivity contribution in [3.63, 3.8) is 0 Å². The number of benzene rings is 2. The Morgan fingerprint density at radius 2 is 1.78 bits per heavy atom. The van der Waals surface area contributed by atoms with Gasteiger partial charge in [-0.15, -0.1) is 0 Å². The van der Waals surface area contributed by atoms with Crippen LogP contribution in [0.5, 0.6) is 11.5 Å². The zero-order valence-electron chi connectivity index (χ0n) is 13.0. The molecule has 23 heavy (non-hydrogen) atoms. The van der Waals surface area contributed by atoms with Gasteiger partial charge in [-0.05, 0) is 23.8 Å². The molecule has 0 bridgehead atoms. The minimum atomic E-state index is 0.711. The number of aromatic amines is 1. The summed E-state index contributed by atoms with van der Waals surface area (Å²) in [6.45, 7) is 0. The fourth-order valence-electron chi connectivity index (χ4n) is 3.19. The summed E-state index contributed by atoms with van der Waals surface area (Å²) in [4.78, 5) is 0. The number of H-pyrrole nitrogens is 1. The number of fused-ring (bicyclic) bond motifs is 3. The van der Waals surface area contributed by atoms with E-state index in [2.05, 4.69) is 10.2 Å². The normalized spacial score (nSPS) is 11.9. The van der Waals surface area contributed by atoms with Crippen LogP contribution in [0.1, 0.15) is 11.1 Å². The Morgan fingerprint density at radius 3 is 2.52 bits per heavy atom. The highest BCUT2D eigenvalue weighted by molar-refractivity contribution is 5.85. The van der Waals surface area contributed by atoms with Crippen LogP contribution in [0, 0.1) is 0 Å². The second kappa shape index (κ2) is 5.05. The lowest BCUT2D eigenvalue weighted by molar-refractivity contribution is 0.355. The van der Waals surface area contributed by atoms with Gasteiger partial charge in [0.1, 0.15) is 0 Å². The van der Waals surface area contributed by atoms with Gasteiger partial charge in [-0.3, -0.25) is 5.10 Å². The van der Waals surface area contributed by atoms with Gasteiger partial charge < -0.3 is 15.2 Å². The predicted molar refractivity (Wildman–Crippen MR) is 89.8 cm³/mol. The lowest BCUT2D eigenvalue weighted by Gasteiger charge is -2.10. The van der Waals surface area contributed by atoms with E-state index in [-0.39, 0.29) is 0 Å². The number of nitrogens with zero attached hydrogens (tertiary/aromatic N) is 1. The zero-order chi connectivity index (χ0) is 16.0. The first kappa shape index (κ1) is 13.7. The van der Waals surface area contributed by atoms with Crippen molar-refractivity contribution >= 4 is 5.69 Å². The third-order valence-corrected chi connectivity index (χ3v) is 4.33. The Kier molecular flexibility index (Phi) is 3.01. The molecule has 0 radical (unpaired) electrons. The highest BCUT2D eigenvalue weighted by Crippen LogP contribution is 2.45. The van der Waals surface area contributed by atoms with E-state index in [9.17, 15) is 0 Å². The molecule has 116 valence electrons. The van der Waals surface area contributed by atoms with E-state index in [4.69, 9.17) is 15.2 Å². The molecular formula is C18H17N3O2. The first-order valence-electron chi connectivity index (χ1n) is 7.40. The summed E-state index contributed by atoms with van der Waals surface area (Å²) in [7, 11) is 3.29. The molecule has 2 aromatic carbocycles. The molecular weight excluding hydrogens is 290 g/mol. The summed E-state index contributed by atoms with van der Waals surface area (Å²) in [6.07, 6.45) is 0.797. The summed E-state index contributed by atoms with van der Waals surface area (Å²) in [5.41, 5.74) is 13.2. The highest BCUT2D eigenvalue weighted by atomic mass is 16.5. The number of rotatable bonds is 3. The Hall–Kier alpha value is -2.95. The van der Waals surface area contributed by atoms with E-state index < -0.39 is 0 Å². The number of anilines is 1. The molecule has 0 spiro atoms. The molecule has 0 saturated heterocycles. The van der Waals surface area contributed by atoms with Crippen LogP contribution in [0.4, 0.5) is 5.69 Å². The molecule has 1 aliphatic rings. The van der Waals surface area contributed by atoms with Gasteiger partial charge >= 0.3 is 0 Å². The molecule has 1 aromatic heterocycles. The van der Waals surface area contributed by atoms with Crippen molar-refractivity contribution in [1.82, 2.24) is 10.2 Å². The van der Waals surface area contributed by atoms with Gasteiger partial charge in [0.2, 0.25) is 0 Å². The van der Waals surface area contributed by atoms with Crippen LogP contribution >= 0.6 is 0 Å². The van der Waals surface area contributed by atoms with Gasteiger partial charge in [-0.25, -0.2) is 0 Å². The van der Waals surface area contributed by atoms with E-state index in [1.54, 1.807) is 14.2 Å². The molecule has 0 unspecified atom stereocenters. The van der Waals surface area contributed by atoms with Crippen LogP contribution in [0.25, 0.3) is 22.5 Å².